The first-order chi connectivity index (χ1) is 6.75. The highest BCUT2D eigenvalue weighted by atomic mass is 79.9. The summed E-state index contributed by atoms with van der Waals surface area (Å²) in [6, 6.07) is 3.80. The van der Waals surface area contributed by atoms with E-state index in [4.69, 9.17) is 0 Å². The molecule has 0 unspecified atom stereocenters. The molecule has 14 heavy (non-hydrogen) atoms. The summed E-state index contributed by atoms with van der Waals surface area (Å²) in [6.07, 6.45) is 3.80. The van der Waals surface area contributed by atoms with Gasteiger partial charge in [-0.15, -0.1) is 0 Å². The number of urea groups is 1. The van der Waals surface area contributed by atoms with Gasteiger partial charge in [-0.3, -0.25) is 5.32 Å². The number of hydrogen-bond donors (Lipinski definition) is 2. The van der Waals surface area contributed by atoms with Crippen molar-refractivity contribution in [3.05, 3.63) is 22.8 Å². The summed E-state index contributed by atoms with van der Waals surface area (Å²) in [4.78, 5) is 15.4. The van der Waals surface area contributed by atoms with Gasteiger partial charge in [0.1, 0.15) is 5.82 Å². The summed E-state index contributed by atoms with van der Waals surface area (Å²) in [5.74, 6) is 0.547. The number of amides is 2. The summed E-state index contributed by atoms with van der Waals surface area (Å²) in [6.45, 7) is 0. The number of nitrogens with zero attached hydrogens (tertiary/aromatic N) is 1. The quantitative estimate of drug-likeness (QED) is 0.851. The van der Waals surface area contributed by atoms with E-state index in [2.05, 4.69) is 31.5 Å². The molecule has 1 aliphatic carbocycles. The minimum atomic E-state index is -0.188. The van der Waals surface area contributed by atoms with E-state index in [0.29, 0.717) is 11.9 Å². The number of aromatic nitrogens is 1. The number of nitrogens with one attached hydrogen (secondary N) is 2. The molecule has 1 aromatic rings. The van der Waals surface area contributed by atoms with E-state index in [9.17, 15) is 4.79 Å². The number of anilines is 1. The zero-order valence-electron chi connectivity index (χ0n) is 7.46. The summed E-state index contributed by atoms with van der Waals surface area (Å²) in [7, 11) is 0. The SMILES string of the molecule is O=C(Nc1ncccc1Br)NC1CC1. The van der Waals surface area contributed by atoms with Gasteiger partial charge < -0.3 is 5.32 Å². The maximum Gasteiger partial charge on any atom is 0.320 e. The van der Waals surface area contributed by atoms with Crippen LogP contribution in [0.15, 0.2) is 22.8 Å². The smallest absolute Gasteiger partial charge is 0.320 e. The molecule has 0 spiro atoms. The number of rotatable bonds is 2. The van der Waals surface area contributed by atoms with E-state index in [1.807, 2.05) is 6.07 Å². The van der Waals surface area contributed by atoms with Gasteiger partial charge in [-0.05, 0) is 40.9 Å². The topological polar surface area (TPSA) is 54.0 Å². The fraction of sp³-hybridized carbons (Fsp3) is 0.333. The zero-order chi connectivity index (χ0) is 9.97. The number of pyridine rings is 1. The Kier molecular flexibility index (Phi) is 2.67. The average molecular weight is 256 g/mol. The van der Waals surface area contributed by atoms with E-state index >= 15 is 0 Å². The highest BCUT2D eigenvalue weighted by molar-refractivity contribution is 9.10. The average Bonchev–Trinajstić information content (AvgIpc) is 2.93. The molecule has 1 aliphatic rings. The lowest BCUT2D eigenvalue weighted by atomic mass is 10.5. The first kappa shape index (κ1) is 9.45. The van der Waals surface area contributed by atoms with Crippen LogP contribution in [0.2, 0.25) is 0 Å². The van der Waals surface area contributed by atoms with Crippen molar-refractivity contribution < 1.29 is 4.79 Å². The first-order valence-electron chi connectivity index (χ1n) is 4.44. The van der Waals surface area contributed by atoms with Gasteiger partial charge in [0, 0.05) is 12.2 Å². The number of halogens is 1. The van der Waals surface area contributed by atoms with Crippen molar-refractivity contribution in [1.82, 2.24) is 10.3 Å². The Balaban J connectivity index is 1.95. The van der Waals surface area contributed by atoms with Crippen molar-refractivity contribution in [1.29, 1.82) is 0 Å². The number of hydrogen-bond acceptors (Lipinski definition) is 2. The minimum Gasteiger partial charge on any atom is -0.335 e. The van der Waals surface area contributed by atoms with Crippen LogP contribution in [0.5, 0.6) is 0 Å². The molecule has 1 aromatic heterocycles. The Morgan fingerprint density at radius 3 is 3.00 bits per heavy atom. The second-order valence-corrected chi connectivity index (χ2v) is 4.06. The predicted molar refractivity (Wildman–Crippen MR) is 57.1 cm³/mol. The van der Waals surface area contributed by atoms with Crippen molar-refractivity contribution in [2.45, 2.75) is 18.9 Å². The van der Waals surface area contributed by atoms with E-state index in [-0.39, 0.29) is 6.03 Å². The normalized spacial score (nSPS) is 14.9. The third kappa shape index (κ3) is 2.45. The maximum atomic E-state index is 11.3. The maximum absolute atomic E-state index is 11.3. The molecule has 5 heteroatoms. The van der Waals surface area contributed by atoms with Gasteiger partial charge in [0.15, 0.2) is 0 Å². The summed E-state index contributed by atoms with van der Waals surface area (Å²) in [5, 5.41) is 5.49. The summed E-state index contributed by atoms with van der Waals surface area (Å²) < 4.78 is 0.783. The lowest BCUT2D eigenvalue weighted by molar-refractivity contribution is 0.251. The predicted octanol–water partition coefficient (Wildman–Crippen LogP) is 2.13. The third-order valence-electron chi connectivity index (χ3n) is 1.90. The second-order valence-electron chi connectivity index (χ2n) is 3.21. The summed E-state index contributed by atoms with van der Waals surface area (Å²) in [5.41, 5.74) is 0. The molecule has 2 rings (SSSR count). The molecule has 0 bridgehead atoms. The van der Waals surface area contributed by atoms with Gasteiger partial charge >= 0.3 is 6.03 Å². The molecule has 74 valence electrons. The van der Waals surface area contributed by atoms with Crippen LogP contribution >= 0.6 is 15.9 Å². The van der Waals surface area contributed by atoms with Gasteiger partial charge in [0.25, 0.3) is 0 Å². The molecular weight excluding hydrogens is 246 g/mol. The minimum absolute atomic E-state index is 0.188. The molecule has 2 amide bonds. The van der Waals surface area contributed by atoms with Crippen LogP contribution in [0, 0.1) is 0 Å². The molecule has 0 aromatic carbocycles. The van der Waals surface area contributed by atoms with E-state index in [1.54, 1.807) is 12.3 Å². The Hall–Kier alpha value is -1.10. The van der Waals surface area contributed by atoms with E-state index in [1.165, 1.54) is 0 Å². The van der Waals surface area contributed by atoms with Crippen LogP contribution in [-0.4, -0.2) is 17.1 Å². The van der Waals surface area contributed by atoms with Crippen LogP contribution in [0.1, 0.15) is 12.8 Å². The fourth-order valence-electron chi connectivity index (χ4n) is 1.03. The molecule has 0 aliphatic heterocycles. The lowest BCUT2D eigenvalue weighted by Gasteiger charge is -2.06. The highest BCUT2D eigenvalue weighted by Crippen LogP contribution is 2.20. The van der Waals surface area contributed by atoms with Crippen LogP contribution in [0.25, 0.3) is 0 Å². The molecule has 0 atom stereocenters. The molecule has 1 heterocycles. The van der Waals surface area contributed by atoms with E-state index in [0.717, 1.165) is 17.3 Å². The Bertz CT molecular complexity index is 352. The molecule has 4 nitrogen and oxygen atoms in total. The molecular formula is C9H10BrN3O. The standard InChI is InChI=1S/C9H10BrN3O/c10-7-2-1-5-11-8(7)13-9(14)12-6-3-4-6/h1-2,5-6H,3-4H2,(H2,11,12,13,14). The Labute approximate surface area is 90.2 Å². The van der Waals surface area contributed by atoms with Gasteiger partial charge in [-0.1, -0.05) is 0 Å². The highest BCUT2D eigenvalue weighted by Gasteiger charge is 2.23. The van der Waals surface area contributed by atoms with Crippen molar-refractivity contribution >= 4 is 27.8 Å². The van der Waals surface area contributed by atoms with Gasteiger partial charge in [-0.2, -0.15) is 0 Å². The lowest BCUT2D eigenvalue weighted by Crippen LogP contribution is -2.30. The van der Waals surface area contributed by atoms with Crippen LogP contribution < -0.4 is 10.6 Å². The van der Waals surface area contributed by atoms with Crippen LogP contribution in [0.4, 0.5) is 10.6 Å². The Morgan fingerprint density at radius 2 is 2.36 bits per heavy atom. The molecule has 2 N–H and O–H groups in total. The second kappa shape index (κ2) is 3.96. The molecule has 0 saturated heterocycles. The monoisotopic (exact) mass is 255 g/mol. The van der Waals surface area contributed by atoms with Gasteiger partial charge in [0.05, 0.1) is 4.47 Å². The van der Waals surface area contributed by atoms with Crippen molar-refractivity contribution in [2.24, 2.45) is 0 Å². The first-order valence-corrected chi connectivity index (χ1v) is 5.23. The van der Waals surface area contributed by atoms with Crippen molar-refractivity contribution in [3.8, 4) is 0 Å². The molecule has 0 radical (unpaired) electrons. The van der Waals surface area contributed by atoms with Gasteiger partial charge in [-0.25, -0.2) is 9.78 Å². The van der Waals surface area contributed by atoms with Gasteiger partial charge in [0.2, 0.25) is 0 Å². The fourth-order valence-corrected chi connectivity index (χ4v) is 1.39. The number of carbonyl (C=O) groups is 1. The molecule has 1 saturated carbocycles. The number of carbonyl (C=O) groups excluding carboxylic acids is 1. The Morgan fingerprint density at radius 1 is 1.57 bits per heavy atom. The summed E-state index contributed by atoms with van der Waals surface area (Å²) >= 11 is 3.30. The zero-order valence-corrected chi connectivity index (χ0v) is 9.04. The largest absolute Gasteiger partial charge is 0.335 e. The van der Waals surface area contributed by atoms with Crippen molar-refractivity contribution in [3.63, 3.8) is 0 Å². The third-order valence-corrected chi connectivity index (χ3v) is 2.54. The van der Waals surface area contributed by atoms with Crippen molar-refractivity contribution in [2.75, 3.05) is 5.32 Å². The van der Waals surface area contributed by atoms with E-state index < -0.39 is 0 Å². The van der Waals surface area contributed by atoms with Crippen LogP contribution in [0.3, 0.4) is 0 Å². The molecule has 1 fully saturated rings. The van der Waals surface area contributed by atoms with Crippen LogP contribution in [-0.2, 0) is 0 Å².